The van der Waals surface area contributed by atoms with Crippen LogP contribution in [-0.2, 0) is 6.54 Å². The number of rotatable bonds is 8. The van der Waals surface area contributed by atoms with Gasteiger partial charge in [0, 0.05) is 40.7 Å². The minimum atomic E-state index is -0.0503. The second-order valence-electron chi connectivity index (χ2n) is 9.52. The number of nitrogens with zero attached hydrogens (tertiary/aromatic N) is 5. The number of carbonyl (C=O) groups is 1. The molecule has 0 fully saturated rings. The van der Waals surface area contributed by atoms with E-state index in [4.69, 9.17) is 10.7 Å². The van der Waals surface area contributed by atoms with Crippen molar-refractivity contribution in [3.63, 3.8) is 0 Å². The van der Waals surface area contributed by atoms with Gasteiger partial charge < -0.3 is 11.1 Å². The van der Waals surface area contributed by atoms with Crippen LogP contribution in [0.4, 0.5) is 5.82 Å². The number of allylic oxidation sites excluding steroid dienone is 1. The van der Waals surface area contributed by atoms with Crippen molar-refractivity contribution in [2.75, 3.05) is 11.9 Å². The number of aliphatic imine (C=N–C) groups is 1. The molecule has 3 heterocycles. The number of benzene rings is 1. The number of Topliss-reactive ketones (excluding diaryl/α,β-unsaturated/α-hetero) is 1. The van der Waals surface area contributed by atoms with Crippen molar-refractivity contribution in [2.24, 2.45) is 32.3 Å². The van der Waals surface area contributed by atoms with Crippen LogP contribution in [0.2, 0.25) is 0 Å². The van der Waals surface area contributed by atoms with Crippen LogP contribution in [0, 0.1) is 11.3 Å². The van der Waals surface area contributed by atoms with Gasteiger partial charge in [-0.15, -0.1) is 5.11 Å². The third-order valence-electron chi connectivity index (χ3n) is 6.55. The third kappa shape index (κ3) is 5.71. The fraction of sp³-hybridized carbons (Fsp3) is 0.286. The molecule has 184 valence electrons. The Morgan fingerprint density at radius 2 is 1.94 bits per heavy atom. The predicted octanol–water partition coefficient (Wildman–Crippen LogP) is 5.78. The summed E-state index contributed by atoms with van der Waals surface area (Å²) in [6.07, 6.45) is 7.12. The molecule has 0 bridgehead atoms. The summed E-state index contributed by atoms with van der Waals surface area (Å²) < 4.78 is 0. The number of nitrogens with two attached hydrogens (primary N) is 1. The summed E-state index contributed by atoms with van der Waals surface area (Å²) in [4.78, 5) is 25.2. The fourth-order valence-corrected chi connectivity index (χ4v) is 3.73. The summed E-state index contributed by atoms with van der Waals surface area (Å²) in [5.41, 5.74) is 10.6. The highest BCUT2D eigenvalue weighted by molar-refractivity contribution is 6.10. The van der Waals surface area contributed by atoms with Gasteiger partial charge in [0.1, 0.15) is 11.6 Å². The van der Waals surface area contributed by atoms with Crippen molar-refractivity contribution in [1.29, 1.82) is 0 Å². The molecule has 0 radical (unpaired) electrons. The van der Waals surface area contributed by atoms with Gasteiger partial charge in [0.15, 0.2) is 5.78 Å². The molecular formula is C28H31N7O. The minimum Gasteiger partial charge on any atom is -0.404 e. The summed E-state index contributed by atoms with van der Waals surface area (Å²) in [7, 11) is 0. The molecule has 0 saturated carbocycles. The van der Waals surface area contributed by atoms with Gasteiger partial charge in [-0.25, -0.2) is 4.98 Å². The second kappa shape index (κ2) is 10.6. The molecule has 0 amide bonds. The van der Waals surface area contributed by atoms with Crippen molar-refractivity contribution in [3.8, 4) is 0 Å². The average Bonchev–Trinajstić information content (AvgIpc) is 2.86. The normalized spacial score (nSPS) is 18.1. The number of fused-ring (bicyclic) bond motifs is 1. The molecule has 0 saturated heterocycles. The highest BCUT2D eigenvalue weighted by atomic mass is 16.1. The summed E-state index contributed by atoms with van der Waals surface area (Å²) in [6.45, 7) is 9.26. The van der Waals surface area contributed by atoms with Crippen LogP contribution in [-0.4, -0.2) is 28.5 Å². The van der Waals surface area contributed by atoms with E-state index in [-0.39, 0.29) is 11.2 Å². The molecule has 36 heavy (non-hydrogen) atoms. The summed E-state index contributed by atoms with van der Waals surface area (Å²) in [6, 6.07) is 13.2. The van der Waals surface area contributed by atoms with Crippen molar-refractivity contribution >= 4 is 34.4 Å². The number of hydrogen-bond acceptors (Lipinski definition) is 8. The number of carbonyl (C=O) groups excluding carboxylic acids is 1. The largest absolute Gasteiger partial charge is 0.404 e. The standard InChI is InChI=1S/C28H31N7O/c1-18(2)28(4)12-27(35-32-17-28)34-26-10-9-24-25(33-26)11-22(16-31-24)23(13-29)15-30-14-20-5-7-21(8-6-20)19(3)36/h5-13,15-16,18H,14,17,29H2,1-4H3,(H,33,34). The summed E-state index contributed by atoms with van der Waals surface area (Å²) in [5, 5.41) is 11.9. The molecule has 1 unspecified atom stereocenters. The van der Waals surface area contributed by atoms with E-state index >= 15 is 0 Å². The molecule has 3 aromatic rings. The lowest BCUT2D eigenvalue weighted by Gasteiger charge is -2.30. The Bertz CT molecular complexity index is 1390. The van der Waals surface area contributed by atoms with Gasteiger partial charge in [-0.1, -0.05) is 45.0 Å². The van der Waals surface area contributed by atoms with Crippen molar-refractivity contribution in [1.82, 2.24) is 9.97 Å². The fourth-order valence-electron chi connectivity index (χ4n) is 3.73. The van der Waals surface area contributed by atoms with E-state index in [1.54, 1.807) is 19.3 Å². The van der Waals surface area contributed by atoms with E-state index in [1.165, 1.54) is 6.20 Å². The van der Waals surface area contributed by atoms with Gasteiger partial charge in [-0.3, -0.25) is 14.8 Å². The maximum Gasteiger partial charge on any atom is 0.159 e. The van der Waals surface area contributed by atoms with Crippen LogP contribution in [0.1, 0.15) is 49.2 Å². The zero-order valence-corrected chi connectivity index (χ0v) is 21.1. The zero-order valence-electron chi connectivity index (χ0n) is 21.1. The zero-order chi connectivity index (χ0) is 25.7. The van der Waals surface area contributed by atoms with Crippen LogP contribution < -0.4 is 11.1 Å². The molecule has 4 rings (SSSR count). The number of nitrogens with one attached hydrogen (secondary N) is 1. The quantitative estimate of drug-likeness (QED) is 0.312. The Kier molecular flexibility index (Phi) is 7.33. The van der Waals surface area contributed by atoms with Crippen molar-refractivity contribution in [3.05, 3.63) is 83.4 Å². The van der Waals surface area contributed by atoms with Crippen molar-refractivity contribution < 1.29 is 4.79 Å². The SMILES string of the molecule is CC(=O)c1ccc(CN=CC(=CN)c2cnc3ccc(NC4=CC(C)(C(C)C)CN=N4)nc3c2)cc1. The number of pyridine rings is 2. The molecular weight excluding hydrogens is 450 g/mol. The Labute approximate surface area is 211 Å². The maximum absolute atomic E-state index is 11.4. The van der Waals surface area contributed by atoms with E-state index < -0.39 is 0 Å². The van der Waals surface area contributed by atoms with Gasteiger partial charge in [0.2, 0.25) is 0 Å². The molecule has 2 aromatic heterocycles. The Hall–Kier alpha value is -4.20. The molecule has 8 nitrogen and oxygen atoms in total. The third-order valence-corrected chi connectivity index (χ3v) is 6.55. The Morgan fingerprint density at radius 3 is 2.64 bits per heavy atom. The summed E-state index contributed by atoms with van der Waals surface area (Å²) in [5.74, 6) is 1.84. The lowest BCUT2D eigenvalue weighted by molar-refractivity contribution is 0.101. The molecule has 1 atom stereocenters. The monoisotopic (exact) mass is 481 g/mol. The van der Waals surface area contributed by atoms with Crippen LogP contribution in [0.15, 0.2) is 82.0 Å². The lowest BCUT2D eigenvalue weighted by atomic mass is 9.78. The van der Waals surface area contributed by atoms with Gasteiger partial charge in [-0.05, 0) is 42.7 Å². The van der Waals surface area contributed by atoms with Crippen LogP contribution in [0.5, 0.6) is 0 Å². The highest BCUT2D eigenvalue weighted by Crippen LogP contribution is 2.33. The van der Waals surface area contributed by atoms with Gasteiger partial charge in [0.05, 0.1) is 24.1 Å². The second-order valence-corrected chi connectivity index (χ2v) is 9.52. The number of ketones is 1. The highest BCUT2D eigenvalue weighted by Gasteiger charge is 2.29. The lowest BCUT2D eigenvalue weighted by Crippen LogP contribution is -2.27. The number of hydrogen-bond donors (Lipinski definition) is 2. The molecule has 3 N–H and O–H groups in total. The van der Waals surface area contributed by atoms with Crippen LogP contribution >= 0.6 is 0 Å². The Morgan fingerprint density at radius 1 is 1.17 bits per heavy atom. The average molecular weight is 482 g/mol. The van der Waals surface area contributed by atoms with E-state index in [1.807, 2.05) is 42.5 Å². The molecule has 0 spiro atoms. The first-order chi connectivity index (χ1) is 17.3. The van der Waals surface area contributed by atoms with Crippen LogP contribution in [0.25, 0.3) is 16.6 Å². The topological polar surface area (TPSA) is 118 Å². The van der Waals surface area contributed by atoms with Gasteiger partial charge >= 0.3 is 0 Å². The van der Waals surface area contributed by atoms with E-state index in [0.717, 1.165) is 27.7 Å². The van der Waals surface area contributed by atoms with Gasteiger partial charge in [-0.2, -0.15) is 5.11 Å². The Balaban J connectivity index is 1.51. The first-order valence-corrected chi connectivity index (χ1v) is 11.9. The molecule has 0 aliphatic carbocycles. The smallest absolute Gasteiger partial charge is 0.159 e. The molecule has 8 heteroatoms. The molecule has 1 aliphatic rings. The van der Waals surface area contributed by atoms with Crippen LogP contribution in [0.3, 0.4) is 0 Å². The first-order valence-electron chi connectivity index (χ1n) is 11.9. The van der Waals surface area contributed by atoms with Gasteiger partial charge in [0.25, 0.3) is 0 Å². The number of anilines is 1. The van der Waals surface area contributed by atoms with E-state index in [9.17, 15) is 4.79 Å². The van der Waals surface area contributed by atoms with Crippen molar-refractivity contribution in [2.45, 2.75) is 34.2 Å². The minimum absolute atomic E-state index is 0.0445. The maximum atomic E-state index is 11.4. The van der Waals surface area contributed by atoms with E-state index in [0.29, 0.717) is 36.2 Å². The number of azo groups is 1. The number of aromatic nitrogens is 2. The summed E-state index contributed by atoms with van der Waals surface area (Å²) >= 11 is 0. The molecule has 1 aromatic carbocycles. The van der Waals surface area contributed by atoms with E-state index in [2.05, 4.69) is 52.4 Å². The molecule has 1 aliphatic heterocycles. The predicted molar refractivity (Wildman–Crippen MR) is 145 cm³/mol. The first kappa shape index (κ1) is 24.9.